The molecular formula is C14F28. The van der Waals surface area contributed by atoms with Gasteiger partial charge in [-0.3, -0.25) is 0 Å². The molecule has 252 valence electrons. The van der Waals surface area contributed by atoms with Gasteiger partial charge < -0.3 is 0 Å². The zero-order valence-corrected chi connectivity index (χ0v) is 17.6. The first-order chi connectivity index (χ1) is 17.6. The van der Waals surface area contributed by atoms with Gasteiger partial charge in [-0.25, -0.2) is 0 Å². The Kier molecular flexibility index (Phi) is 9.13. The van der Waals surface area contributed by atoms with Crippen LogP contribution in [-0.2, 0) is 0 Å². The Bertz CT molecular complexity index is 880. The van der Waals surface area contributed by atoms with Gasteiger partial charge in [-0.05, 0) is 0 Å². The van der Waals surface area contributed by atoms with Crippen LogP contribution in [0.4, 0.5) is 123 Å². The minimum atomic E-state index is -10.5. The summed E-state index contributed by atoms with van der Waals surface area (Å²) >= 11 is 0. The van der Waals surface area contributed by atoms with Crippen LogP contribution in [0, 0.1) is 10.8 Å². The van der Waals surface area contributed by atoms with E-state index in [1.165, 1.54) is 0 Å². The Labute approximate surface area is 207 Å². The van der Waals surface area contributed by atoms with Crippen LogP contribution in [0.5, 0.6) is 0 Å². The average molecular weight is 700 g/mol. The molecule has 0 aromatic heterocycles. The third-order valence-electron chi connectivity index (χ3n) is 5.10. The first kappa shape index (κ1) is 39.8. The van der Waals surface area contributed by atoms with Gasteiger partial charge in [0, 0.05) is 0 Å². The van der Waals surface area contributed by atoms with E-state index in [1.54, 1.807) is 0 Å². The van der Waals surface area contributed by atoms with Crippen LogP contribution in [0.25, 0.3) is 0 Å². The van der Waals surface area contributed by atoms with E-state index < -0.39 is 83.2 Å². The van der Waals surface area contributed by atoms with Crippen LogP contribution in [0.15, 0.2) is 11.7 Å². The predicted octanol–water partition coefficient (Wildman–Crippen LogP) is 10.0. The molecule has 0 saturated heterocycles. The monoisotopic (exact) mass is 700 g/mol. The van der Waals surface area contributed by atoms with E-state index in [0.717, 1.165) is 0 Å². The number of rotatable bonds is 6. The van der Waals surface area contributed by atoms with Crippen molar-refractivity contribution in [3.63, 3.8) is 0 Å². The smallest absolute Gasteiger partial charge is 0.195 e. The van der Waals surface area contributed by atoms with Crippen LogP contribution in [-0.4, -0.2) is 60.7 Å². The van der Waals surface area contributed by atoms with Gasteiger partial charge in [0.2, 0.25) is 10.8 Å². The molecule has 0 aliphatic heterocycles. The summed E-state index contributed by atoms with van der Waals surface area (Å²) in [6, 6.07) is 0. The standard InChI is InChI=1S/C14F28/c15-2(16)1(3(9(25,26)27,5(17,18)11(31,32)33)6(19,20)12(34,35)36)4(10(28,29)30,7(21,22)13(37,38)39)8(23,24)14(40,41)42. The fraction of sp³-hybridized carbons (Fsp3) is 0.857. The average Bonchev–Trinajstić information content (AvgIpc) is 2.60. The maximum absolute atomic E-state index is 14.1. The van der Waals surface area contributed by atoms with Crippen molar-refractivity contribution in [2.24, 2.45) is 10.8 Å². The van der Waals surface area contributed by atoms with Gasteiger partial charge in [0.05, 0.1) is 5.57 Å². The fourth-order valence-electron chi connectivity index (χ4n) is 3.43. The van der Waals surface area contributed by atoms with Crippen LogP contribution in [0.2, 0.25) is 0 Å². The second-order valence-electron chi connectivity index (χ2n) is 7.42. The summed E-state index contributed by atoms with van der Waals surface area (Å²) in [5.41, 5.74) is -28.8. The molecule has 0 spiro atoms. The Morgan fingerprint density at radius 3 is 0.452 bits per heavy atom. The van der Waals surface area contributed by atoms with Gasteiger partial charge in [-0.15, -0.1) is 0 Å². The zero-order chi connectivity index (χ0) is 35.2. The molecule has 0 rings (SSSR count). The molecule has 42 heavy (non-hydrogen) atoms. The highest BCUT2D eigenvalue weighted by Crippen LogP contribution is 2.79. The fourth-order valence-corrected chi connectivity index (χ4v) is 3.43. The molecule has 0 amide bonds. The molecule has 0 unspecified atom stereocenters. The lowest BCUT2D eigenvalue weighted by Gasteiger charge is -2.55. The van der Waals surface area contributed by atoms with Crippen molar-refractivity contribution in [2.75, 3.05) is 0 Å². The van der Waals surface area contributed by atoms with E-state index in [2.05, 4.69) is 0 Å². The van der Waals surface area contributed by atoms with Gasteiger partial charge in [-0.2, -0.15) is 123 Å². The minimum Gasteiger partial charge on any atom is -0.195 e. The van der Waals surface area contributed by atoms with Crippen molar-refractivity contribution in [2.45, 2.75) is 60.7 Å². The summed E-state index contributed by atoms with van der Waals surface area (Å²) in [7, 11) is 0. The van der Waals surface area contributed by atoms with Gasteiger partial charge in [0.25, 0.3) is 6.08 Å². The molecule has 0 radical (unpaired) electrons. The van der Waals surface area contributed by atoms with E-state index >= 15 is 0 Å². The van der Waals surface area contributed by atoms with E-state index in [1.807, 2.05) is 0 Å². The predicted molar refractivity (Wildman–Crippen MR) is 70.2 cm³/mol. The van der Waals surface area contributed by atoms with Crippen molar-refractivity contribution in [1.29, 1.82) is 0 Å². The molecule has 0 aromatic rings. The van der Waals surface area contributed by atoms with Crippen molar-refractivity contribution in [1.82, 2.24) is 0 Å². The summed E-state index contributed by atoms with van der Waals surface area (Å²) in [5.74, 6) is -40.2. The Hall–Kier alpha value is -2.22. The second-order valence-corrected chi connectivity index (χ2v) is 7.42. The molecule has 0 saturated carbocycles. The van der Waals surface area contributed by atoms with Crippen molar-refractivity contribution in [3.05, 3.63) is 11.7 Å². The summed E-state index contributed by atoms with van der Waals surface area (Å²) < 4.78 is 375. The van der Waals surface area contributed by atoms with Crippen molar-refractivity contribution < 1.29 is 123 Å². The normalized spacial score (nSPS) is 16.6. The number of alkyl halides is 26. The SMILES string of the molecule is FC(F)=C(C(C(F)(F)F)(C(F)(F)C(F)(F)F)C(F)(F)C(F)(F)F)C(C(F)(F)F)(C(F)(F)C(F)(F)F)C(F)(F)C(F)(F)F. The van der Waals surface area contributed by atoms with Crippen LogP contribution < -0.4 is 0 Å². The number of halogens is 28. The van der Waals surface area contributed by atoms with Crippen molar-refractivity contribution >= 4 is 0 Å². The molecular weight excluding hydrogens is 700 g/mol. The Morgan fingerprint density at radius 2 is 0.381 bits per heavy atom. The summed E-state index contributed by atoms with van der Waals surface area (Å²) in [6.07, 6.45) is -63.5. The largest absolute Gasteiger partial charge is 0.454 e. The Balaban J connectivity index is 10.0. The molecule has 0 heterocycles. The van der Waals surface area contributed by atoms with Crippen LogP contribution >= 0.6 is 0 Å². The Morgan fingerprint density at radius 1 is 0.238 bits per heavy atom. The van der Waals surface area contributed by atoms with Gasteiger partial charge in [0.1, 0.15) is 0 Å². The zero-order valence-electron chi connectivity index (χ0n) is 17.6. The molecule has 0 aliphatic carbocycles. The highest BCUT2D eigenvalue weighted by molar-refractivity contribution is 5.42. The lowest BCUT2D eigenvalue weighted by molar-refractivity contribution is -0.485. The minimum absolute atomic E-state index is 6.84. The lowest BCUT2D eigenvalue weighted by Crippen LogP contribution is -2.79. The number of hydrogen-bond donors (Lipinski definition) is 0. The summed E-state index contributed by atoms with van der Waals surface area (Å²) in [4.78, 5) is 0. The lowest BCUT2D eigenvalue weighted by atomic mass is 9.54. The number of hydrogen-bond acceptors (Lipinski definition) is 0. The van der Waals surface area contributed by atoms with Gasteiger partial charge in [-0.1, -0.05) is 0 Å². The second kappa shape index (κ2) is 9.64. The van der Waals surface area contributed by atoms with Crippen molar-refractivity contribution in [3.8, 4) is 0 Å². The molecule has 0 N–H and O–H groups in total. The molecule has 28 heteroatoms. The molecule has 0 fully saturated rings. The molecule has 0 aromatic carbocycles. The maximum atomic E-state index is 14.1. The highest BCUT2D eigenvalue weighted by atomic mass is 19.5. The van der Waals surface area contributed by atoms with Gasteiger partial charge in [0.15, 0.2) is 0 Å². The third-order valence-corrected chi connectivity index (χ3v) is 5.10. The maximum Gasteiger partial charge on any atom is 0.454 e. The van der Waals surface area contributed by atoms with Gasteiger partial charge >= 0.3 is 60.7 Å². The van der Waals surface area contributed by atoms with E-state index in [4.69, 9.17) is 0 Å². The molecule has 0 bridgehead atoms. The highest BCUT2D eigenvalue weighted by Gasteiger charge is 3.03. The van der Waals surface area contributed by atoms with Crippen LogP contribution in [0.3, 0.4) is 0 Å². The first-order valence-corrected chi connectivity index (χ1v) is 8.54. The summed E-state index contributed by atoms with van der Waals surface area (Å²) in [6.45, 7) is 0. The topological polar surface area (TPSA) is 0 Å². The van der Waals surface area contributed by atoms with Crippen LogP contribution in [0.1, 0.15) is 0 Å². The molecule has 0 atom stereocenters. The molecule has 0 aliphatic rings. The van der Waals surface area contributed by atoms with E-state index in [0.29, 0.717) is 0 Å². The first-order valence-electron chi connectivity index (χ1n) is 8.54. The van der Waals surface area contributed by atoms with E-state index in [-0.39, 0.29) is 0 Å². The third kappa shape index (κ3) is 4.75. The number of allylic oxidation sites excluding steroid dienone is 1. The summed E-state index contributed by atoms with van der Waals surface area (Å²) in [5, 5.41) is 0. The van der Waals surface area contributed by atoms with E-state index in [9.17, 15) is 123 Å². The molecule has 0 nitrogen and oxygen atoms in total. The quantitative estimate of drug-likeness (QED) is 0.242.